The van der Waals surface area contributed by atoms with E-state index in [1.54, 1.807) is 24.3 Å². The summed E-state index contributed by atoms with van der Waals surface area (Å²) < 4.78 is 11.1. The summed E-state index contributed by atoms with van der Waals surface area (Å²) in [5, 5.41) is 3.51. The van der Waals surface area contributed by atoms with Gasteiger partial charge in [0.1, 0.15) is 18.1 Å². The molecule has 1 N–H and O–H groups in total. The molecule has 1 aromatic carbocycles. The van der Waals surface area contributed by atoms with Gasteiger partial charge in [-0.3, -0.25) is 4.79 Å². The van der Waals surface area contributed by atoms with Crippen LogP contribution in [-0.2, 0) is 6.61 Å². The van der Waals surface area contributed by atoms with Crippen molar-refractivity contribution in [2.45, 2.75) is 27.4 Å². The van der Waals surface area contributed by atoms with E-state index in [0.29, 0.717) is 34.8 Å². The molecular weight excluding hydrogens is 302 g/mol. The molecule has 0 fully saturated rings. The Morgan fingerprint density at radius 1 is 1.32 bits per heavy atom. The van der Waals surface area contributed by atoms with Gasteiger partial charge in [-0.2, -0.15) is 0 Å². The smallest absolute Gasteiger partial charge is 0.287 e. The van der Waals surface area contributed by atoms with Gasteiger partial charge in [0.05, 0.1) is 0 Å². The first-order chi connectivity index (χ1) is 10.5. The molecule has 0 atom stereocenters. The van der Waals surface area contributed by atoms with Crippen LogP contribution in [0.4, 0.5) is 0 Å². The molecule has 0 saturated heterocycles. The molecule has 0 aliphatic rings. The van der Waals surface area contributed by atoms with Crippen LogP contribution in [0, 0.1) is 12.8 Å². The van der Waals surface area contributed by atoms with E-state index in [-0.39, 0.29) is 12.5 Å². The highest BCUT2D eigenvalue weighted by atomic mass is 35.5. The van der Waals surface area contributed by atoms with Crippen LogP contribution in [-0.4, -0.2) is 12.5 Å². The van der Waals surface area contributed by atoms with E-state index < -0.39 is 0 Å². The quantitative estimate of drug-likeness (QED) is 0.867. The van der Waals surface area contributed by atoms with Gasteiger partial charge in [-0.15, -0.1) is 0 Å². The van der Waals surface area contributed by atoms with Crippen molar-refractivity contribution in [2.24, 2.45) is 5.92 Å². The third-order valence-electron chi connectivity index (χ3n) is 3.07. The van der Waals surface area contributed by atoms with Gasteiger partial charge in [-0.05, 0) is 48.7 Å². The summed E-state index contributed by atoms with van der Waals surface area (Å²) >= 11 is 5.97. The minimum Gasteiger partial charge on any atom is -0.486 e. The molecule has 2 aromatic rings. The van der Waals surface area contributed by atoms with Crippen LogP contribution >= 0.6 is 11.6 Å². The molecule has 1 heterocycles. The van der Waals surface area contributed by atoms with Crippen molar-refractivity contribution >= 4 is 17.5 Å². The summed E-state index contributed by atoms with van der Waals surface area (Å²) in [7, 11) is 0. The number of aryl methyl sites for hydroxylation is 1. The zero-order chi connectivity index (χ0) is 16.1. The number of halogens is 1. The predicted octanol–water partition coefficient (Wildman–Crippen LogP) is 4.21. The number of hydrogen-bond donors (Lipinski definition) is 1. The summed E-state index contributed by atoms with van der Waals surface area (Å²) in [5.74, 6) is 1.80. The molecule has 2 rings (SSSR count). The van der Waals surface area contributed by atoms with Crippen LogP contribution < -0.4 is 10.1 Å². The lowest BCUT2D eigenvalue weighted by atomic mass is 10.2. The summed E-state index contributed by atoms with van der Waals surface area (Å²) in [6.07, 6.45) is 0. The lowest BCUT2D eigenvalue weighted by Gasteiger charge is -2.06. The summed E-state index contributed by atoms with van der Waals surface area (Å²) in [6.45, 7) is 6.87. The number of hydrogen-bond acceptors (Lipinski definition) is 3. The largest absolute Gasteiger partial charge is 0.486 e. The molecule has 4 nitrogen and oxygen atoms in total. The van der Waals surface area contributed by atoms with E-state index in [0.717, 1.165) is 5.56 Å². The molecule has 0 unspecified atom stereocenters. The normalized spacial score (nSPS) is 10.8. The fraction of sp³-hybridized carbons (Fsp3) is 0.353. The van der Waals surface area contributed by atoms with Crippen molar-refractivity contribution in [3.63, 3.8) is 0 Å². The number of ether oxygens (including phenoxy) is 1. The second-order valence-corrected chi connectivity index (χ2v) is 5.98. The topological polar surface area (TPSA) is 51.5 Å². The van der Waals surface area contributed by atoms with Gasteiger partial charge in [0.15, 0.2) is 5.76 Å². The van der Waals surface area contributed by atoms with E-state index in [1.165, 1.54) is 0 Å². The van der Waals surface area contributed by atoms with E-state index in [2.05, 4.69) is 5.32 Å². The zero-order valence-corrected chi connectivity index (χ0v) is 13.7. The standard InChI is InChI=1S/C17H20ClNO3/c1-11(2)9-19-17(20)16-7-5-14(22-16)10-21-13-4-6-15(18)12(3)8-13/h4-8,11H,9-10H2,1-3H3,(H,19,20). The number of carbonyl (C=O) groups is 1. The van der Waals surface area contributed by atoms with Gasteiger partial charge in [-0.1, -0.05) is 25.4 Å². The Hall–Kier alpha value is -1.94. The number of nitrogens with one attached hydrogen (secondary N) is 1. The van der Waals surface area contributed by atoms with Gasteiger partial charge in [-0.25, -0.2) is 0 Å². The van der Waals surface area contributed by atoms with E-state index >= 15 is 0 Å². The Morgan fingerprint density at radius 2 is 2.09 bits per heavy atom. The number of carbonyl (C=O) groups excluding carboxylic acids is 1. The zero-order valence-electron chi connectivity index (χ0n) is 13.0. The minimum atomic E-state index is -0.206. The summed E-state index contributed by atoms with van der Waals surface area (Å²) in [5.41, 5.74) is 0.951. The second kappa shape index (κ2) is 7.36. The van der Waals surface area contributed by atoms with Crippen molar-refractivity contribution < 1.29 is 13.9 Å². The third-order valence-corrected chi connectivity index (χ3v) is 3.49. The maximum absolute atomic E-state index is 11.9. The van der Waals surface area contributed by atoms with Gasteiger partial charge in [0, 0.05) is 11.6 Å². The molecule has 0 bridgehead atoms. The van der Waals surface area contributed by atoms with E-state index in [9.17, 15) is 4.79 Å². The minimum absolute atomic E-state index is 0.206. The highest BCUT2D eigenvalue weighted by molar-refractivity contribution is 6.31. The first-order valence-electron chi connectivity index (χ1n) is 7.21. The first kappa shape index (κ1) is 16.4. The Bertz CT molecular complexity index is 649. The molecule has 1 aromatic heterocycles. The van der Waals surface area contributed by atoms with Gasteiger partial charge < -0.3 is 14.5 Å². The Labute approximate surface area is 135 Å². The Morgan fingerprint density at radius 3 is 2.77 bits per heavy atom. The maximum atomic E-state index is 11.9. The van der Waals surface area contributed by atoms with Gasteiger partial charge in [0.2, 0.25) is 0 Å². The average Bonchev–Trinajstić information content (AvgIpc) is 2.95. The van der Waals surface area contributed by atoms with Crippen LogP contribution in [0.3, 0.4) is 0 Å². The van der Waals surface area contributed by atoms with E-state index in [4.69, 9.17) is 20.8 Å². The number of furan rings is 1. The number of rotatable bonds is 6. The first-order valence-corrected chi connectivity index (χ1v) is 7.59. The number of benzene rings is 1. The SMILES string of the molecule is Cc1cc(OCc2ccc(C(=O)NCC(C)C)o2)ccc1Cl. The molecule has 0 saturated carbocycles. The van der Waals surface area contributed by atoms with Crippen molar-refractivity contribution in [3.05, 3.63) is 52.4 Å². The lowest BCUT2D eigenvalue weighted by molar-refractivity contribution is 0.0917. The second-order valence-electron chi connectivity index (χ2n) is 5.57. The monoisotopic (exact) mass is 321 g/mol. The molecule has 118 valence electrons. The molecular formula is C17H20ClNO3. The molecule has 1 amide bonds. The van der Waals surface area contributed by atoms with Crippen LogP contribution in [0.25, 0.3) is 0 Å². The molecule has 0 radical (unpaired) electrons. The molecule has 22 heavy (non-hydrogen) atoms. The Kier molecular flexibility index (Phi) is 5.50. The molecule has 0 spiro atoms. The van der Waals surface area contributed by atoms with Crippen LogP contribution in [0.15, 0.2) is 34.7 Å². The van der Waals surface area contributed by atoms with Crippen molar-refractivity contribution in [2.75, 3.05) is 6.54 Å². The molecule has 5 heteroatoms. The molecule has 0 aliphatic heterocycles. The fourth-order valence-electron chi connectivity index (χ4n) is 1.82. The van der Waals surface area contributed by atoms with Crippen molar-refractivity contribution in [3.8, 4) is 5.75 Å². The van der Waals surface area contributed by atoms with Crippen LogP contribution in [0.2, 0.25) is 5.02 Å². The Balaban J connectivity index is 1.91. The number of amides is 1. The van der Waals surface area contributed by atoms with Gasteiger partial charge in [0.25, 0.3) is 5.91 Å². The summed E-state index contributed by atoms with van der Waals surface area (Å²) in [4.78, 5) is 11.9. The average molecular weight is 322 g/mol. The highest BCUT2D eigenvalue weighted by Gasteiger charge is 2.11. The van der Waals surface area contributed by atoms with E-state index in [1.807, 2.05) is 26.8 Å². The third kappa shape index (κ3) is 4.53. The van der Waals surface area contributed by atoms with Crippen molar-refractivity contribution in [1.29, 1.82) is 0 Å². The maximum Gasteiger partial charge on any atom is 0.287 e. The highest BCUT2D eigenvalue weighted by Crippen LogP contribution is 2.22. The lowest BCUT2D eigenvalue weighted by Crippen LogP contribution is -2.26. The fourth-order valence-corrected chi connectivity index (χ4v) is 1.94. The van der Waals surface area contributed by atoms with Crippen molar-refractivity contribution in [1.82, 2.24) is 5.32 Å². The van der Waals surface area contributed by atoms with Crippen LogP contribution in [0.1, 0.15) is 35.7 Å². The van der Waals surface area contributed by atoms with Crippen LogP contribution in [0.5, 0.6) is 5.75 Å². The summed E-state index contributed by atoms with van der Waals surface area (Å²) in [6, 6.07) is 8.85. The predicted molar refractivity (Wildman–Crippen MR) is 86.4 cm³/mol. The molecule has 0 aliphatic carbocycles. The van der Waals surface area contributed by atoms with Gasteiger partial charge >= 0.3 is 0 Å².